The normalized spacial score (nSPS) is 10.3. The van der Waals surface area contributed by atoms with Crippen LogP contribution in [0.15, 0.2) is 42.6 Å². The monoisotopic (exact) mass is 273 g/mol. The Balaban J connectivity index is 1.89. The highest BCUT2D eigenvalue weighted by atomic mass is 16.5. The number of anilines is 1. The number of ether oxygens (including phenoxy) is 2. The van der Waals surface area contributed by atoms with Crippen molar-refractivity contribution in [2.45, 2.75) is 13.0 Å². The van der Waals surface area contributed by atoms with E-state index < -0.39 is 0 Å². The Morgan fingerprint density at radius 1 is 1.20 bits per heavy atom. The van der Waals surface area contributed by atoms with E-state index in [1.54, 1.807) is 19.4 Å². The Labute approximate surface area is 118 Å². The summed E-state index contributed by atoms with van der Waals surface area (Å²) in [6.45, 7) is 1.13. The topological polar surface area (TPSA) is 69.4 Å². The molecule has 0 aliphatic rings. The van der Waals surface area contributed by atoms with E-state index in [4.69, 9.17) is 15.3 Å². The number of benzene rings is 1. The van der Waals surface area contributed by atoms with E-state index in [9.17, 15) is 0 Å². The first-order valence-electron chi connectivity index (χ1n) is 6.44. The molecule has 0 radical (unpaired) electrons. The summed E-state index contributed by atoms with van der Waals surface area (Å²) in [5, 5.41) is 0. The average Bonchev–Trinajstić information content (AvgIpc) is 2.52. The van der Waals surface area contributed by atoms with Crippen molar-refractivity contribution < 1.29 is 9.47 Å². The summed E-state index contributed by atoms with van der Waals surface area (Å²) in [4.78, 5) is 4.22. The molecule has 0 bridgehead atoms. The van der Waals surface area contributed by atoms with Gasteiger partial charge in [-0.3, -0.25) is 10.8 Å². The van der Waals surface area contributed by atoms with Gasteiger partial charge in [-0.2, -0.15) is 0 Å². The van der Waals surface area contributed by atoms with Crippen LogP contribution in [-0.4, -0.2) is 18.7 Å². The fourth-order valence-corrected chi connectivity index (χ4v) is 1.78. The lowest BCUT2D eigenvalue weighted by molar-refractivity contribution is 0.202. The lowest BCUT2D eigenvalue weighted by Crippen LogP contribution is -2.08. The van der Waals surface area contributed by atoms with Crippen LogP contribution in [0.25, 0.3) is 0 Å². The van der Waals surface area contributed by atoms with E-state index in [1.807, 2.05) is 30.3 Å². The number of nitrogens with one attached hydrogen (secondary N) is 1. The molecule has 106 valence electrons. The number of hydrogen-bond donors (Lipinski definition) is 2. The van der Waals surface area contributed by atoms with E-state index in [0.29, 0.717) is 6.61 Å². The third-order valence-corrected chi connectivity index (χ3v) is 2.89. The molecule has 5 heteroatoms. The van der Waals surface area contributed by atoms with Crippen LogP contribution in [0.2, 0.25) is 0 Å². The zero-order valence-electron chi connectivity index (χ0n) is 11.5. The average molecular weight is 273 g/mol. The predicted octanol–water partition coefficient (Wildman–Crippen LogP) is 2.14. The van der Waals surface area contributed by atoms with Gasteiger partial charge in [0.05, 0.1) is 18.0 Å². The second-order valence-electron chi connectivity index (χ2n) is 4.36. The summed E-state index contributed by atoms with van der Waals surface area (Å²) in [7, 11) is 1.70. The first kappa shape index (κ1) is 14.3. The van der Waals surface area contributed by atoms with Gasteiger partial charge in [0.1, 0.15) is 12.4 Å². The molecule has 0 saturated heterocycles. The second kappa shape index (κ2) is 7.47. The van der Waals surface area contributed by atoms with Crippen molar-refractivity contribution in [3.8, 4) is 5.75 Å². The molecule has 0 saturated carbocycles. The Hall–Kier alpha value is -2.11. The molecule has 0 aliphatic heterocycles. The van der Waals surface area contributed by atoms with Gasteiger partial charge in [-0.25, -0.2) is 0 Å². The van der Waals surface area contributed by atoms with E-state index in [0.717, 1.165) is 30.2 Å². The maximum absolute atomic E-state index is 5.69. The Bertz CT molecular complexity index is 529. The molecule has 0 unspecified atom stereocenters. The van der Waals surface area contributed by atoms with Crippen molar-refractivity contribution >= 4 is 5.69 Å². The van der Waals surface area contributed by atoms with Gasteiger partial charge in [0.25, 0.3) is 0 Å². The summed E-state index contributed by atoms with van der Waals surface area (Å²) < 4.78 is 10.7. The smallest absolute Gasteiger partial charge is 0.130 e. The second-order valence-corrected chi connectivity index (χ2v) is 4.36. The Morgan fingerprint density at radius 2 is 2.00 bits per heavy atom. The summed E-state index contributed by atoms with van der Waals surface area (Å²) in [5.74, 6) is 6.17. The number of nitrogens with zero attached hydrogens (tertiary/aromatic N) is 1. The first-order valence-corrected chi connectivity index (χ1v) is 6.44. The Kier molecular flexibility index (Phi) is 5.34. The molecule has 1 aromatic carbocycles. The van der Waals surface area contributed by atoms with Crippen molar-refractivity contribution in [3.63, 3.8) is 0 Å². The van der Waals surface area contributed by atoms with Crippen LogP contribution >= 0.6 is 0 Å². The van der Waals surface area contributed by atoms with Crippen molar-refractivity contribution in [1.29, 1.82) is 0 Å². The van der Waals surface area contributed by atoms with Crippen LogP contribution in [0.4, 0.5) is 5.69 Å². The standard InChI is InChI=1S/C15H19N3O2/c1-19-9-7-12-2-4-15(5-3-12)20-11-14-10-13(18-16)6-8-17-14/h2-6,8,10H,7,9,11,16H2,1H3,(H,17,18). The summed E-state index contributed by atoms with van der Waals surface area (Å²) in [6.07, 6.45) is 2.60. The van der Waals surface area contributed by atoms with Gasteiger partial charge in [0.15, 0.2) is 0 Å². The lowest BCUT2D eigenvalue weighted by Gasteiger charge is -2.08. The van der Waals surface area contributed by atoms with Crippen LogP contribution in [0.5, 0.6) is 5.75 Å². The minimum Gasteiger partial charge on any atom is -0.487 e. The van der Waals surface area contributed by atoms with Gasteiger partial charge < -0.3 is 14.9 Å². The van der Waals surface area contributed by atoms with Crippen molar-refractivity contribution in [1.82, 2.24) is 4.98 Å². The number of nitrogen functional groups attached to an aromatic ring is 1. The van der Waals surface area contributed by atoms with Crippen LogP contribution in [0, 0.1) is 0 Å². The van der Waals surface area contributed by atoms with E-state index >= 15 is 0 Å². The zero-order chi connectivity index (χ0) is 14.2. The Morgan fingerprint density at radius 3 is 2.70 bits per heavy atom. The third-order valence-electron chi connectivity index (χ3n) is 2.89. The fraction of sp³-hybridized carbons (Fsp3) is 0.267. The maximum Gasteiger partial charge on any atom is 0.130 e. The summed E-state index contributed by atoms with van der Waals surface area (Å²) in [6, 6.07) is 11.6. The molecule has 5 nitrogen and oxygen atoms in total. The van der Waals surface area contributed by atoms with Gasteiger partial charge in [-0.1, -0.05) is 12.1 Å². The summed E-state index contributed by atoms with van der Waals surface area (Å²) >= 11 is 0. The molecule has 0 spiro atoms. The van der Waals surface area contributed by atoms with Crippen molar-refractivity contribution in [2.75, 3.05) is 19.1 Å². The van der Waals surface area contributed by atoms with Crippen molar-refractivity contribution in [3.05, 3.63) is 53.9 Å². The van der Waals surface area contributed by atoms with Crippen LogP contribution in [-0.2, 0) is 17.8 Å². The fourth-order valence-electron chi connectivity index (χ4n) is 1.78. The number of hydrazine groups is 1. The van der Waals surface area contributed by atoms with Gasteiger partial charge in [-0.15, -0.1) is 0 Å². The lowest BCUT2D eigenvalue weighted by atomic mass is 10.1. The van der Waals surface area contributed by atoms with E-state index in [1.165, 1.54) is 5.56 Å². The minimum absolute atomic E-state index is 0.410. The quantitative estimate of drug-likeness (QED) is 0.597. The van der Waals surface area contributed by atoms with Gasteiger partial charge in [0, 0.05) is 13.3 Å². The first-order chi connectivity index (χ1) is 9.81. The highest BCUT2D eigenvalue weighted by molar-refractivity contribution is 5.41. The number of nitrogens with two attached hydrogens (primary N) is 1. The molecule has 1 aromatic heterocycles. The van der Waals surface area contributed by atoms with E-state index in [2.05, 4.69) is 10.4 Å². The molecule has 0 fully saturated rings. The highest BCUT2D eigenvalue weighted by Crippen LogP contribution is 2.15. The molecule has 1 heterocycles. The largest absolute Gasteiger partial charge is 0.487 e. The van der Waals surface area contributed by atoms with Crippen LogP contribution < -0.4 is 16.0 Å². The number of hydrogen-bond acceptors (Lipinski definition) is 5. The van der Waals surface area contributed by atoms with E-state index in [-0.39, 0.29) is 0 Å². The maximum atomic E-state index is 5.69. The molecule has 0 amide bonds. The minimum atomic E-state index is 0.410. The molecule has 2 rings (SSSR count). The zero-order valence-corrected chi connectivity index (χ0v) is 11.5. The predicted molar refractivity (Wildman–Crippen MR) is 78.4 cm³/mol. The summed E-state index contributed by atoms with van der Waals surface area (Å²) in [5.41, 5.74) is 5.45. The van der Waals surface area contributed by atoms with Crippen LogP contribution in [0.3, 0.4) is 0 Å². The van der Waals surface area contributed by atoms with Gasteiger partial charge in [0.2, 0.25) is 0 Å². The number of methoxy groups -OCH3 is 1. The van der Waals surface area contributed by atoms with Crippen molar-refractivity contribution in [2.24, 2.45) is 5.84 Å². The van der Waals surface area contributed by atoms with Gasteiger partial charge >= 0.3 is 0 Å². The molecular weight excluding hydrogens is 254 g/mol. The molecule has 3 N–H and O–H groups in total. The number of rotatable bonds is 7. The number of pyridine rings is 1. The van der Waals surface area contributed by atoms with Crippen LogP contribution in [0.1, 0.15) is 11.3 Å². The number of aromatic nitrogens is 1. The SMILES string of the molecule is COCCc1ccc(OCc2cc(NN)ccn2)cc1. The molecule has 2 aromatic rings. The molecule has 0 atom stereocenters. The van der Waals surface area contributed by atoms with Gasteiger partial charge in [-0.05, 0) is 36.2 Å². The highest BCUT2D eigenvalue weighted by Gasteiger charge is 1.99. The molecule has 0 aliphatic carbocycles. The molecule has 20 heavy (non-hydrogen) atoms. The third kappa shape index (κ3) is 4.22. The molecular formula is C15H19N3O2.